The van der Waals surface area contributed by atoms with Crippen molar-refractivity contribution in [2.45, 2.75) is 38.5 Å². The maximum Gasteiger partial charge on any atom is 0.248 e. The molecule has 0 aliphatic heterocycles. The molecule has 0 N–H and O–H groups in total. The molecule has 0 bridgehead atoms. The number of aromatic nitrogens is 1. The zero-order valence-electron chi connectivity index (χ0n) is 17.9. The summed E-state index contributed by atoms with van der Waals surface area (Å²) < 4.78 is 27.9. The first kappa shape index (κ1) is 23.8. The van der Waals surface area contributed by atoms with Gasteiger partial charge in [0.15, 0.2) is 14.6 Å². The second-order valence-electron chi connectivity index (χ2n) is 7.37. The maximum absolute atomic E-state index is 12.5. The summed E-state index contributed by atoms with van der Waals surface area (Å²) in [5.74, 6) is 0.654. The number of nitrogens with zero attached hydrogens (tertiary/aromatic N) is 2. The van der Waals surface area contributed by atoms with Gasteiger partial charge in [0.2, 0.25) is 5.91 Å². The third kappa shape index (κ3) is 6.79. The Bertz CT molecular complexity index is 1200. The maximum atomic E-state index is 12.5. The largest absolute Gasteiger partial charge is 0.316 e. The van der Waals surface area contributed by atoms with Crippen LogP contribution in [0.1, 0.15) is 30.9 Å². The third-order valence-corrected chi connectivity index (χ3v) is 8.29. The fraction of sp³-hybridized carbons (Fsp3) is 0.391. The summed E-state index contributed by atoms with van der Waals surface area (Å²) in [6.45, 7) is 2.90. The van der Waals surface area contributed by atoms with Crippen LogP contribution < -0.4 is 4.80 Å². The third-order valence-electron chi connectivity index (χ3n) is 4.97. The van der Waals surface area contributed by atoms with Gasteiger partial charge >= 0.3 is 0 Å². The minimum atomic E-state index is -3.25. The number of benzene rings is 2. The number of hydrogen-bond acceptors (Lipinski definition) is 5. The molecule has 0 aliphatic rings. The Hall–Kier alpha value is -1.90. The van der Waals surface area contributed by atoms with Crippen LogP contribution in [0, 0.1) is 0 Å². The van der Waals surface area contributed by atoms with Gasteiger partial charge in [-0.05, 0) is 42.4 Å². The smallest absolute Gasteiger partial charge is 0.248 e. The summed E-state index contributed by atoms with van der Waals surface area (Å²) in [5.41, 5.74) is 3.12. The van der Waals surface area contributed by atoms with E-state index in [-0.39, 0.29) is 30.3 Å². The van der Waals surface area contributed by atoms with Crippen molar-refractivity contribution >= 4 is 49.1 Å². The lowest BCUT2D eigenvalue weighted by Crippen LogP contribution is -2.18. The summed E-state index contributed by atoms with van der Waals surface area (Å²) in [6.07, 6.45) is 3.43. The molecular weight excluding hydrogens is 448 g/mol. The number of rotatable bonds is 10. The van der Waals surface area contributed by atoms with E-state index in [0.29, 0.717) is 4.80 Å². The molecule has 31 heavy (non-hydrogen) atoms. The number of sulfone groups is 1. The number of thiazole rings is 1. The Balaban J connectivity index is 1.71. The van der Waals surface area contributed by atoms with Crippen molar-refractivity contribution < 1.29 is 13.2 Å². The van der Waals surface area contributed by atoms with Crippen LogP contribution in [0.15, 0.2) is 53.5 Å². The minimum Gasteiger partial charge on any atom is -0.316 e. The van der Waals surface area contributed by atoms with E-state index < -0.39 is 9.84 Å². The molecule has 2 aromatic carbocycles. The second kappa shape index (κ2) is 11.1. The Kier molecular flexibility index (Phi) is 8.51. The molecular formula is C23H28N2O3S3. The standard InChI is InChI=1S/C23H28N2O3S3/c1-3-18-11-12-20-21(16-18)30-23(25(20)13-14-29-2)24-22(26)10-7-15-31(27,28)17-19-8-5-4-6-9-19/h4-6,8-9,11-12,16H,3,7,10,13-15,17H2,1-2H3. The molecule has 1 amide bonds. The number of carbonyl (C=O) groups is 1. The Labute approximate surface area is 192 Å². The number of hydrogen-bond donors (Lipinski definition) is 0. The Morgan fingerprint density at radius 3 is 2.61 bits per heavy atom. The number of aryl methyl sites for hydroxylation is 2. The van der Waals surface area contributed by atoms with Gasteiger partial charge in [0.25, 0.3) is 0 Å². The predicted octanol–water partition coefficient (Wildman–Crippen LogP) is 4.45. The first-order valence-electron chi connectivity index (χ1n) is 10.3. The highest BCUT2D eigenvalue weighted by molar-refractivity contribution is 7.98. The second-order valence-corrected chi connectivity index (χ2v) is 11.6. The van der Waals surface area contributed by atoms with E-state index in [4.69, 9.17) is 0 Å². The first-order chi connectivity index (χ1) is 14.9. The lowest BCUT2D eigenvalue weighted by molar-refractivity contribution is -0.118. The van der Waals surface area contributed by atoms with Crippen LogP contribution in [-0.2, 0) is 33.4 Å². The van der Waals surface area contributed by atoms with Gasteiger partial charge in [-0.3, -0.25) is 4.79 Å². The highest BCUT2D eigenvalue weighted by atomic mass is 32.2. The molecule has 0 aliphatic carbocycles. The van der Waals surface area contributed by atoms with Crippen molar-refractivity contribution in [3.8, 4) is 0 Å². The van der Waals surface area contributed by atoms with Gasteiger partial charge < -0.3 is 4.57 Å². The Morgan fingerprint density at radius 1 is 1.13 bits per heavy atom. The van der Waals surface area contributed by atoms with Crippen LogP contribution in [-0.4, -0.2) is 36.7 Å². The summed E-state index contributed by atoms with van der Waals surface area (Å²) in [4.78, 5) is 17.5. The van der Waals surface area contributed by atoms with Crippen molar-refractivity contribution in [3.05, 3.63) is 64.5 Å². The number of amides is 1. The van der Waals surface area contributed by atoms with Crippen molar-refractivity contribution in [1.82, 2.24) is 4.57 Å². The van der Waals surface area contributed by atoms with Crippen LogP contribution in [0.4, 0.5) is 0 Å². The van der Waals surface area contributed by atoms with Gasteiger partial charge in [0.05, 0.1) is 21.7 Å². The summed E-state index contributed by atoms with van der Waals surface area (Å²) >= 11 is 3.27. The van der Waals surface area contributed by atoms with Crippen molar-refractivity contribution in [3.63, 3.8) is 0 Å². The first-order valence-corrected chi connectivity index (χ1v) is 14.4. The van der Waals surface area contributed by atoms with Gasteiger partial charge in [0.1, 0.15) is 0 Å². The lowest BCUT2D eigenvalue weighted by atomic mass is 10.2. The molecule has 0 spiro atoms. The number of fused-ring (bicyclic) bond motifs is 1. The zero-order chi connectivity index (χ0) is 22.3. The molecule has 5 nitrogen and oxygen atoms in total. The quantitative estimate of drug-likeness (QED) is 0.433. The lowest BCUT2D eigenvalue weighted by Gasteiger charge is -2.05. The monoisotopic (exact) mass is 476 g/mol. The molecule has 0 atom stereocenters. The van der Waals surface area contributed by atoms with Crippen LogP contribution in [0.2, 0.25) is 0 Å². The molecule has 0 unspecified atom stereocenters. The van der Waals surface area contributed by atoms with Gasteiger partial charge in [-0.2, -0.15) is 16.8 Å². The summed E-state index contributed by atoms with van der Waals surface area (Å²) in [5, 5.41) is 0. The average molecular weight is 477 g/mol. The SMILES string of the molecule is CCc1ccc2c(c1)sc(=NC(=O)CCCS(=O)(=O)Cc1ccccc1)n2CCSC. The molecule has 3 rings (SSSR count). The number of thioether (sulfide) groups is 1. The fourth-order valence-electron chi connectivity index (χ4n) is 3.33. The molecule has 1 heterocycles. The summed E-state index contributed by atoms with van der Waals surface area (Å²) in [6, 6.07) is 15.5. The van der Waals surface area contributed by atoms with Gasteiger partial charge in [-0.1, -0.05) is 54.7 Å². The zero-order valence-corrected chi connectivity index (χ0v) is 20.4. The predicted molar refractivity (Wildman–Crippen MR) is 131 cm³/mol. The highest BCUT2D eigenvalue weighted by Gasteiger charge is 2.14. The Morgan fingerprint density at radius 2 is 1.90 bits per heavy atom. The molecule has 166 valence electrons. The van der Waals surface area contributed by atoms with E-state index in [1.165, 1.54) is 16.9 Å². The van der Waals surface area contributed by atoms with Gasteiger partial charge in [0, 0.05) is 18.7 Å². The molecule has 0 radical (unpaired) electrons. The molecule has 0 fully saturated rings. The fourth-order valence-corrected chi connectivity index (χ4v) is 6.26. The van der Waals surface area contributed by atoms with Crippen LogP contribution in [0.5, 0.6) is 0 Å². The van der Waals surface area contributed by atoms with E-state index in [9.17, 15) is 13.2 Å². The van der Waals surface area contributed by atoms with Gasteiger partial charge in [-0.15, -0.1) is 0 Å². The van der Waals surface area contributed by atoms with E-state index in [2.05, 4.69) is 40.9 Å². The average Bonchev–Trinajstić information content (AvgIpc) is 3.08. The van der Waals surface area contributed by atoms with Crippen LogP contribution >= 0.6 is 23.1 Å². The van der Waals surface area contributed by atoms with E-state index in [1.54, 1.807) is 23.9 Å². The van der Waals surface area contributed by atoms with Crippen LogP contribution in [0.25, 0.3) is 10.2 Å². The summed E-state index contributed by atoms with van der Waals surface area (Å²) in [7, 11) is -3.25. The van der Waals surface area contributed by atoms with Crippen LogP contribution in [0.3, 0.4) is 0 Å². The molecule has 1 aromatic heterocycles. The van der Waals surface area contributed by atoms with E-state index in [0.717, 1.165) is 34.5 Å². The highest BCUT2D eigenvalue weighted by Crippen LogP contribution is 2.20. The molecule has 8 heteroatoms. The molecule has 0 saturated heterocycles. The van der Waals surface area contributed by atoms with Gasteiger partial charge in [-0.25, -0.2) is 8.42 Å². The van der Waals surface area contributed by atoms with Crippen molar-refractivity contribution in [2.24, 2.45) is 4.99 Å². The van der Waals surface area contributed by atoms with Crippen molar-refractivity contribution in [2.75, 3.05) is 17.8 Å². The molecule has 3 aromatic rings. The van der Waals surface area contributed by atoms with Crippen molar-refractivity contribution in [1.29, 1.82) is 0 Å². The topological polar surface area (TPSA) is 68.5 Å². The minimum absolute atomic E-state index is 0.00390. The number of carbonyl (C=O) groups excluding carboxylic acids is 1. The molecule has 0 saturated carbocycles. The van der Waals surface area contributed by atoms with E-state index in [1.807, 2.05) is 18.2 Å². The van der Waals surface area contributed by atoms with E-state index >= 15 is 0 Å². The normalized spacial score (nSPS) is 12.5.